The molecule has 0 saturated carbocycles. The molecule has 162 valence electrons. The molecule has 0 spiro atoms. The van der Waals surface area contributed by atoms with Crippen molar-refractivity contribution in [1.29, 1.82) is 0 Å². The first kappa shape index (κ1) is 21.4. The number of pyridine rings is 2. The zero-order valence-electron chi connectivity index (χ0n) is 19.6. The summed E-state index contributed by atoms with van der Waals surface area (Å²) in [6.07, 6.45) is 3.00. The molecule has 0 aliphatic carbocycles. The van der Waals surface area contributed by atoms with Crippen molar-refractivity contribution < 1.29 is 4.74 Å². The van der Waals surface area contributed by atoms with E-state index in [1.54, 1.807) is 0 Å². The minimum atomic E-state index is 0.0944. The quantitative estimate of drug-likeness (QED) is 0.495. The molecule has 0 bridgehead atoms. The summed E-state index contributed by atoms with van der Waals surface area (Å²) in [7, 11) is 0. The van der Waals surface area contributed by atoms with Crippen LogP contribution >= 0.6 is 0 Å². The molecule has 1 aliphatic heterocycles. The van der Waals surface area contributed by atoms with Crippen molar-refractivity contribution in [1.82, 2.24) is 9.97 Å². The van der Waals surface area contributed by atoms with E-state index in [1.807, 2.05) is 20.0 Å². The summed E-state index contributed by atoms with van der Waals surface area (Å²) in [5.41, 5.74) is 8.79. The lowest BCUT2D eigenvalue weighted by Crippen LogP contribution is -2.31. The second-order valence-corrected chi connectivity index (χ2v) is 9.10. The number of aryl methyl sites for hydroxylation is 1. The Labute approximate surface area is 186 Å². The van der Waals surface area contributed by atoms with Crippen LogP contribution < -0.4 is 9.64 Å². The monoisotopic (exact) mass is 415 g/mol. The Morgan fingerprint density at radius 3 is 2.52 bits per heavy atom. The molecular formula is C27H33N3O. The van der Waals surface area contributed by atoms with Crippen LogP contribution in [0.25, 0.3) is 11.1 Å². The SMILES string of the molecule is Cc1cccc2c1CN(c1ccc(-c3ccnc(OC(C)C)c3C)c(C(C)C)n1)CC2. The standard InChI is InChI=1S/C27H33N3O/c1-17(2)26-23(22-12-14-28-27(20(22)6)31-18(3)4)10-11-25(29-26)30-15-13-21-9-7-8-19(5)24(21)16-30/h7-12,14,17-18H,13,15-16H2,1-6H3. The van der Waals surface area contributed by atoms with E-state index in [9.17, 15) is 0 Å². The second-order valence-electron chi connectivity index (χ2n) is 9.10. The van der Waals surface area contributed by atoms with Crippen molar-refractivity contribution in [3.8, 4) is 17.0 Å². The van der Waals surface area contributed by atoms with E-state index in [0.717, 1.165) is 42.1 Å². The maximum absolute atomic E-state index is 5.93. The van der Waals surface area contributed by atoms with Crippen LogP contribution in [0.1, 0.15) is 61.6 Å². The number of rotatable bonds is 5. The third-order valence-electron chi connectivity index (χ3n) is 6.08. The fraction of sp³-hybridized carbons (Fsp3) is 0.407. The molecule has 4 heteroatoms. The normalized spacial score (nSPS) is 13.6. The number of hydrogen-bond acceptors (Lipinski definition) is 4. The summed E-state index contributed by atoms with van der Waals surface area (Å²) in [5, 5.41) is 0. The van der Waals surface area contributed by atoms with Crippen LogP contribution in [-0.4, -0.2) is 22.6 Å². The molecule has 0 unspecified atom stereocenters. The molecule has 31 heavy (non-hydrogen) atoms. The molecule has 0 amide bonds. The van der Waals surface area contributed by atoms with Crippen LogP contribution in [-0.2, 0) is 13.0 Å². The van der Waals surface area contributed by atoms with E-state index < -0.39 is 0 Å². The van der Waals surface area contributed by atoms with Gasteiger partial charge in [-0.1, -0.05) is 32.0 Å². The Kier molecular flexibility index (Phi) is 5.99. The van der Waals surface area contributed by atoms with Gasteiger partial charge in [0.2, 0.25) is 5.88 Å². The second kappa shape index (κ2) is 8.70. The van der Waals surface area contributed by atoms with Crippen LogP contribution in [0.4, 0.5) is 5.82 Å². The van der Waals surface area contributed by atoms with Crippen molar-refractivity contribution in [2.45, 2.75) is 66.5 Å². The zero-order chi connectivity index (χ0) is 22.1. The van der Waals surface area contributed by atoms with Gasteiger partial charge in [-0.15, -0.1) is 0 Å². The molecule has 4 nitrogen and oxygen atoms in total. The molecule has 4 rings (SSSR count). The topological polar surface area (TPSA) is 38.2 Å². The summed E-state index contributed by atoms with van der Waals surface area (Å²) in [5.74, 6) is 2.08. The Morgan fingerprint density at radius 1 is 0.968 bits per heavy atom. The first-order valence-corrected chi connectivity index (χ1v) is 11.3. The van der Waals surface area contributed by atoms with Gasteiger partial charge in [0.25, 0.3) is 0 Å². The van der Waals surface area contributed by atoms with Crippen molar-refractivity contribution in [2.75, 3.05) is 11.4 Å². The molecular weight excluding hydrogens is 382 g/mol. The van der Waals surface area contributed by atoms with Crippen molar-refractivity contribution in [3.63, 3.8) is 0 Å². The Morgan fingerprint density at radius 2 is 1.77 bits per heavy atom. The smallest absolute Gasteiger partial charge is 0.217 e. The van der Waals surface area contributed by atoms with E-state index in [2.05, 4.69) is 74.0 Å². The Hall–Kier alpha value is -2.88. The highest BCUT2D eigenvalue weighted by Crippen LogP contribution is 2.35. The van der Waals surface area contributed by atoms with Crippen molar-refractivity contribution in [3.05, 3.63) is 70.5 Å². The Bertz CT molecular complexity index is 1090. The minimum absolute atomic E-state index is 0.0944. The number of nitrogens with zero attached hydrogens (tertiary/aromatic N) is 3. The molecule has 2 aromatic heterocycles. The largest absolute Gasteiger partial charge is 0.475 e. The lowest BCUT2D eigenvalue weighted by atomic mass is 9.94. The molecule has 0 N–H and O–H groups in total. The average Bonchev–Trinajstić information content (AvgIpc) is 2.75. The minimum Gasteiger partial charge on any atom is -0.475 e. The van der Waals surface area contributed by atoms with Gasteiger partial charge in [-0.05, 0) is 80.5 Å². The summed E-state index contributed by atoms with van der Waals surface area (Å²) >= 11 is 0. The molecule has 1 aliphatic rings. The maximum Gasteiger partial charge on any atom is 0.217 e. The fourth-order valence-corrected chi connectivity index (χ4v) is 4.40. The third-order valence-corrected chi connectivity index (χ3v) is 6.08. The highest BCUT2D eigenvalue weighted by atomic mass is 16.5. The predicted octanol–water partition coefficient (Wildman–Crippen LogP) is 6.23. The van der Waals surface area contributed by atoms with Gasteiger partial charge in [-0.25, -0.2) is 9.97 Å². The van der Waals surface area contributed by atoms with Crippen molar-refractivity contribution >= 4 is 5.82 Å². The average molecular weight is 416 g/mol. The van der Waals surface area contributed by atoms with Gasteiger partial charge in [-0.3, -0.25) is 0 Å². The van der Waals surface area contributed by atoms with Gasteiger partial charge >= 0.3 is 0 Å². The predicted molar refractivity (Wildman–Crippen MR) is 128 cm³/mol. The van der Waals surface area contributed by atoms with Gasteiger partial charge in [0.15, 0.2) is 0 Å². The number of ether oxygens (including phenoxy) is 1. The van der Waals surface area contributed by atoms with Crippen molar-refractivity contribution in [2.24, 2.45) is 0 Å². The van der Waals surface area contributed by atoms with E-state index in [-0.39, 0.29) is 6.10 Å². The summed E-state index contributed by atoms with van der Waals surface area (Å²) in [6, 6.07) is 13.1. The zero-order valence-corrected chi connectivity index (χ0v) is 19.6. The third kappa shape index (κ3) is 4.30. The van der Waals surface area contributed by atoms with Crippen LogP contribution in [0.15, 0.2) is 42.6 Å². The van der Waals surface area contributed by atoms with Gasteiger partial charge in [0.05, 0.1) is 11.8 Å². The summed E-state index contributed by atoms with van der Waals surface area (Å²) in [6.45, 7) is 14.7. The highest BCUT2D eigenvalue weighted by molar-refractivity contribution is 5.72. The van der Waals surface area contributed by atoms with E-state index in [0.29, 0.717) is 11.8 Å². The molecule has 0 radical (unpaired) electrons. The summed E-state index contributed by atoms with van der Waals surface area (Å²) in [4.78, 5) is 12.0. The number of hydrogen-bond donors (Lipinski definition) is 0. The molecule has 0 fully saturated rings. The van der Waals surface area contributed by atoms with Crippen LogP contribution in [0, 0.1) is 13.8 Å². The van der Waals surface area contributed by atoms with Crippen LogP contribution in [0.5, 0.6) is 5.88 Å². The first-order chi connectivity index (χ1) is 14.8. The van der Waals surface area contributed by atoms with E-state index in [1.165, 1.54) is 22.3 Å². The molecule has 1 aromatic carbocycles. The molecule has 3 aromatic rings. The number of anilines is 1. The Balaban J connectivity index is 1.71. The fourth-order valence-electron chi connectivity index (χ4n) is 4.40. The number of fused-ring (bicyclic) bond motifs is 1. The summed E-state index contributed by atoms with van der Waals surface area (Å²) < 4.78 is 5.93. The number of benzene rings is 1. The lowest BCUT2D eigenvalue weighted by Gasteiger charge is -2.31. The lowest BCUT2D eigenvalue weighted by molar-refractivity contribution is 0.231. The van der Waals surface area contributed by atoms with Gasteiger partial charge in [-0.2, -0.15) is 0 Å². The van der Waals surface area contributed by atoms with Crippen LogP contribution in [0.2, 0.25) is 0 Å². The van der Waals surface area contributed by atoms with Gasteiger partial charge < -0.3 is 9.64 Å². The van der Waals surface area contributed by atoms with Gasteiger partial charge in [0, 0.05) is 30.4 Å². The van der Waals surface area contributed by atoms with Gasteiger partial charge in [0.1, 0.15) is 5.82 Å². The molecule has 3 heterocycles. The number of aromatic nitrogens is 2. The first-order valence-electron chi connectivity index (χ1n) is 11.3. The molecule has 0 atom stereocenters. The van der Waals surface area contributed by atoms with Crippen LogP contribution in [0.3, 0.4) is 0 Å². The molecule has 0 saturated heterocycles. The van der Waals surface area contributed by atoms with E-state index in [4.69, 9.17) is 9.72 Å². The highest BCUT2D eigenvalue weighted by Gasteiger charge is 2.21. The van der Waals surface area contributed by atoms with E-state index >= 15 is 0 Å². The maximum atomic E-state index is 5.93.